The van der Waals surface area contributed by atoms with Gasteiger partial charge in [-0.2, -0.15) is 0 Å². The lowest BCUT2D eigenvalue weighted by Gasteiger charge is -2.15. The zero-order valence-electron chi connectivity index (χ0n) is 24.1. The van der Waals surface area contributed by atoms with Crippen LogP contribution < -0.4 is 25.4 Å². The smallest absolute Gasteiger partial charge is 0.272 e. The number of ether oxygens (including phenoxy) is 2. The fourth-order valence-corrected chi connectivity index (χ4v) is 5.19. The van der Waals surface area contributed by atoms with E-state index in [4.69, 9.17) is 21.1 Å². The van der Waals surface area contributed by atoms with Crippen molar-refractivity contribution in [1.82, 2.24) is 5.32 Å². The van der Waals surface area contributed by atoms with Gasteiger partial charge in [-0.1, -0.05) is 35.9 Å². The molecule has 0 aliphatic heterocycles. The van der Waals surface area contributed by atoms with Crippen molar-refractivity contribution in [1.29, 1.82) is 0 Å². The number of halogens is 1. The molecule has 3 amide bonds. The van der Waals surface area contributed by atoms with Crippen LogP contribution in [0, 0.1) is 0 Å². The molecule has 0 aromatic heterocycles. The Labute approximate surface area is 264 Å². The molecule has 0 saturated heterocycles. The van der Waals surface area contributed by atoms with Gasteiger partial charge in [0.25, 0.3) is 11.8 Å². The van der Waals surface area contributed by atoms with Crippen molar-refractivity contribution >= 4 is 58.5 Å². The van der Waals surface area contributed by atoms with Crippen molar-refractivity contribution in [2.75, 3.05) is 24.9 Å². The van der Waals surface area contributed by atoms with E-state index in [9.17, 15) is 19.5 Å². The van der Waals surface area contributed by atoms with Gasteiger partial charge in [0.2, 0.25) is 5.91 Å². The minimum atomic E-state index is -0.589. The highest BCUT2D eigenvalue weighted by molar-refractivity contribution is 8.00. The maximum absolute atomic E-state index is 13.5. The number of methoxy groups -OCH3 is 2. The number of anilines is 2. The van der Waals surface area contributed by atoms with Gasteiger partial charge < -0.3 is 30.5 Å². The number of nitrogens with one attached hydrogen (secondary N) is 3. The number of carbonyl (C=O) groups is 3. The Morgan fingerprint density at radius 3 is 2.27 bits per heavy atom. The van der Waals surface area contributed by atoms with Crippen molar-refractivity contribution in [3.63, 3.8) is 0 Å². The predicted molar refractivity (Wildman–Crippen MR) is 174 cm³/mol. The SMILES string of the molecule is COc1ccc(NC(=O)C(C)Sc2cccc(NC(=O)/C(=C\c3ccc(O)cc3OC)NC(=O)c3ccccc3)c2)cc1Cl. The van der Waals surface area contributed by atoms with Gasteiger partial charge in [-0.15, -0.1) is 11.8 Å². The molecular formula is C33H30ClN3O6S. The summed E-state index contributed by atoms with van der Waals surface area (Å²) < 4.78 is 10.5. The second-order valence-electron chi connectivity index (χ2n) is 9.39. The lowest BCUT2D eigenvalue weighted by molar-refractivity contribution is -0.115. The number of carbonyl (C=O) groups excluding carboxylic acids is 3. The Morgan fingerprint density at radius 1 is 0.841 bits per heavy atom. The molecule has 44 heavy (non-hydrogen) atoms. The first kappa shape index (κ1) is 32.0. The number of rotatable bonds is 11. The summed E-state index contributed by atoms with van der Waals surface area (Å²) in [5.41, 5.74) is 1.77. The largest absolute Gasteiger partial charge is 0.508 e. The normalized spacial score (nSPS) is 11.7. The van der Waals surface area contributed by atoms with Gasteiger partial charge in [0.15, 0.2) is 0 Å². The van der Waals surface area contributed by atoms with Gasteiger partial charge in [0.1, 0.15) is 22.9 Å². The highest BCUT2D eigenvalue weighted by Crippen LogP contribution is 2.30. The van der Waals surface area contributed by atoms with Crippen molar-refractivity contribution in [3.05, 3.63) is 113 Å². The first-order valence-corrected chi connectivity index (χ1v) is 14.6. The number of benzene rings is 4. The molecule has 4 aromatic rings. The number of thioether (sulfide) groups is 1. The molecule has 0 saturated carbocycles. The third-order valence-corrected chi connectivity index (χ3v) is 7.63. The summed E-state index contributed by atoms with van der Waals surface area (Å²) >= 11 is 7.47. The van der Waals surface area contributed by atoms with Crippen LogP contribution in [0.1, 0.15) is 22.8 Å². The summed E-state index contributed by atoms with van der Waals surface area (Å²) in [5, 5.41) is 18.1. The third-order valence-electron chi connectivity index (χ3n) is 6.24. The van der Waals surface area contributed by atoms with E-state index < -0.39 is 17.1 Å². The summed E-state index contributed by atoms with van der Waals surface area (Å²) in [6.07, 6.45) is 1.46. The molecule has 9 nitrogen and oxygen atoms in total. The zero-order chi connectivity index (χ0) is 31.6. The minimum absolute atomic E-state index is 0.0108. The number of phenolic OH excluding ortho intramolecular Hbond substituents is 1. The molecule has 0 aliphatic carbocycles. The van der Waals surface area contributed by atoms with Crippen LogP contribution in [0.4, 0.5) is 11.4 Å². The van der Waals surface area contributed by atoms with Crippen LogP contribution in [0.5, 0.6) is 17.2 Å². The van der Waals surface area contributed by atoms with E-state index in [1.54, 1.807) is 79.7 Å². The molecule has 1 atom stereocenters. The fourth-order valence-electron chi connectivity index (χ4n) is 4.01. The molecule has 4 rings (SSSR count). The van der Waals surface area contributed by atoms with Crippen LogP contribution >= 0.6 is 23.4 Å². The molecule has 0 bridgehead atoms. The Hall–Kier alpha value is -4.93. The highest BCUT2D eigenvalue weighted by atomic mass is 35.5. The van der Waals surface area contributed by atoms with Crippen molar-refractivity contribution in [3.8, 4) is 17.2 Å². The van der Waals surface area contributed by atoms with Gasteiger partial charge in [-0.05, 0) is 73.7 Å². The van der Waals surface area contributed by atoms with Crippen molar-refractivity contribution < 1.29 is 29.0 Å². The zero-order valence-corrected chi connectivity index (χ0v) is 25.7. The van der Waals surface area contributed by atoms with Crippen LogP contribution in [0.3, 0.4) is 0 Å². The first-order chi connectivity index (χ1) is 21.2. The van der Waals surface area contributed by atoms with Crippen LogP contribution in [-0.2, 0) is 9.59 Å². The summed E-state index contributed by atoms with van der Waals surface area (Å²) in [5.74, 6) is -0.496. The highest BCUT2D eigenvalue weighted by Gasteiger charge is 2.18. The number of aromatic hydroxyl groups is 1. The summed E-state index contributed by atoms with van der Waals surface area (Å²) in [4.78, 5) is 40.1. The van der Waals surface area contributed by atoms with Crippen LogP contribution in [-0.4, -0.2) is 42.3 Å². The summed E-state index contributed by atoms with van der Waals surface area (Å²) in [6, 6.07) is 24.9. The lowest BCUT2D eigenvalue weighted by Crippen LogP contribution is -2.30. The standard InChI is InChI=1S/C33H30ClN3O6S/c1-20(31(39)35-24-13-15-29(42-2)27(34)18-24)44-26-11-7-10-23(17-26)36-33(41)28(37-32(40)21-8-5-4-6-9-21)16-22-12-14-25(38)19-30(22)43-3/h4-20,38H,1-3H3,(H,35,39)(H,36,41)(H,37,40)/b28-16+. The summed E-state index contributed by atoms with van der Waals surface area (Å²) in [6.45, 7) is 1.77. The Balaban J connectivity index is 1.50. The van der Waals surface area contributed by atoms with Crippen LogP contribution in [0.15, 0.2) is 102 Å². The van der Waals surface area contributed by atoms with E-state index in [0.29, 0.717) is 39.0 Å². The molecule has 11 heteroatoms. The molecule has 0 heterocycles. The predicted octanol–water partition coefficient (Wildman–Crippen LogP) is 6.59. The molecule has 0 aliphatic rings. The Bertz CT molecular complexity index is 1700. The monoisotopic (exact) mass is 631 g/mol. The fraction of sp³-hybridized carbons (Fsp3) is 0.121. The van der Waals surface area contributed by atoms with E-state index in [0.717, 1.165) is 4.90 Å². The van der Waals surface area contributed by atoms with Gasteiger partial charge in [0, 0.05) is 33.5 Å². The molecule has 0 radical (unpaired) electrons. The van der Waals surface area contributed by atoms with Crippen LogP contribution in [0.25, 0.3) is 6.08 Å². The van der Waals surface area contributed by atoms with E-state index in [-0.39, 0.29) is 17.4 Å². The average Bonchev–Trinajstić information content (AvgIpc) is 3.02. The molecule has 4 N–H and O–H groups in total. The molecule has 226 valence electrons. The van der Waals surface area contributed by atoms with E-state index in [1.807, 2.05) is 6.07 Å². The summed E-state index contributed by atoms with van der Waals surface area (Å²) in [7, 11) is 2.95. The topological polar surface area (TPSA) is 126 Å². The second-order valence-corrected chi connectivity index (χ2v) is 11.2. The minimum Gasteiger partial charge on any atom is -0.508 e. The van der Waals surface area contributed by atoms with Gasteiger partial charge in [-0.3, -0.25) is 14.4 Å². The maximum Gasteiger partial charge on any atom is 0.272 e. The quantitative estimate of drug-likeness (QED) is 0.109. The third kappa shape index (κ3) is 8.56. The Kier molecular flexibility index (Phi) is 10.9. The van der Waals surface area contributed by atoms with Crippen LogP contribution in [0.2, 0.25) is 5.02 Å². The average molecular weight is 632 g/mol. The maximum atomic E-state index is 13.5. The molecule has 0 spiro atoms. The van der Waals surface area contributed by atoms with Crippen molar-refractivity contribution in [2.45, 2.75) is 17.1 Å². The molecule has 0 fully saturated rings. The Morgan fingerprint density at radius 2 is 1.57 bits per heavy atom. The first-order valence-electron chi connectivity index (χ1n) is 13.3. The number of amides is 3. The number of hydrogen-bond acceptors (Lipinski definition) is 7. The lowest BCUT2D eigenvalue weighted by atomic mass is 10.1. The molecule has 1 unspecified atom stereocenters. The van der Waals surface area contributed by atoms with Gasteiger partial charge in [0.05, 0.1) is 24.5 Å². The molecular weight excluding hydrogens is 602 g/mol. The van der Waals surface area contributed by atoms with E-state index in [2.05, 4.69) is 16.0 Å². The van der Waals surface area contributed by atoms with Gasteiger partial charge >= 0.3 is 0 Å². The molecule has 4 aromatic carbocycles. The van der Waals surface area contributed by atoms with E-state index >= 15 is 0 Å². The number of hydrogen-bond donors (Lipinski definition) is 4. The van der Waals surface area contributed by atoms with Crippen molar-refractivity contribution in [2.24, 2.45) is 0 Å². The van der Waals surface area contributed by atoms with E-state index in [1.165, 1.54) is 44.2 Å². The number of phenols is 1. The second kappa shape index (κ2) is 15.0. The van der Waals surface area contributed by atoms with Gasteiger partial charge in [-0.25, -0.2) is 0 Å².